The van der Waals surface area contributed by atoms with Crippen molar-refractivity contribution in [3.63, 3.8) is 0 Å². The van der Waals surface area contributed by atoms with Crippen LogP contribution < -0.4 is 0 Å². The molecule has 0 fully saturated rings. The second-order valence-corrected chi connectivity index (χ2v) is 3.82. The summed E-state index contributed by atoms with van der Waals surface area (Å²) in [5.74, 6) is -9.70. The van der Waals surface area contributed by atoms with E-state index in [0.717, 1.165) is 11.8 Å². The van der Waals surface area contributed by atoms with Crippen molar-refractivity contribution in [3.05, 3.63) is 39.3 Å². The first kappa shape index (κ1) is 15.1. The number of carbonyl (C=O) groups excluding carboxylic acids is 1. The largest absolute Gasteiger partial charge is 0.451 e. The molecule has 10 heteroatoms. The van der Waals surface area contributed by atoms with E-state index in [1.165, 1.54) is 6.26 Å². The molecule has 0 atom stereocenters. The molecule has 0 bridgehead atoms. The fourth-order valence-electron chi connectivity index (χ4n) is 1.12. The van der Waals surface area contributed by atoms with Gasteiger partial charge >= 0.3 is 5.97 Å². The Morgan fingerprint density at radius 2 is 1.79 bits per heavy atom. The summed E-state index contributed by atoms with van der Waals surface area (Å²) in [7, 11) is 0. The molecule has 19 heavy (non-hydrogen) atoms. The Morgan fingerprint density at radius 1 is 1.26 bits per heavy atom. The number of rotatable bonds is 4. The molecule has 0 aromatic heterocycles. The number of azide groups is 1. The number of hydrogen-bond donors (Lipinski definition) is 0. The Hall–Kier alpha value is -1.93. The molecular weight excluding hydrogens is 290 g/mol. The third-order valence-corrected chi connectivity index (χ3v) is 2.25. The molecule has 0 aliphatic heterocycles. The van der Waals surface area contributed by atoms with Gasteiger partial charge in [-0.25, -0.2) is 22.4 Å². The number of ether oxygens (including phenoxy) is 1. The molecule has 0 saturated carbocycles. The Labute approximate surface area is 108 Å². The predicted octanol–water partition coefficient (Wildman–Crippen LogP) is 3.66. The van der Waals surface area contributed by atoms with Crippen LogP contribution in [0.15, 0.2) is 5.11 Å². The Bertz CT molecular complexity index is 546. The zero-order valence-electron chi connectivity index (χ0n) is 9.29. The first-order valence-electron chi connectivity index (χ1n) is 4.52. The van der Waals surface area contributed by atoms with Gasteiger partial charge in [0.1, 0.15) is 17.2 Å². The number of nitrogens with zero attached hydrogens (tertiary/aromatic N) is 3. The molecule has 0 N–H and O–H groups in total. The molecule has 0 unspecified atom stereocenters. The van der Waals surface area contributed by atoms with Crippen LogP contribution in [0.4, 0.5) is 23.2 Å². The fraction of sp³-hybridized carbons (Fsp3) is 0.222. The zero-order valence-corrected chi connectivity index (χ0v) is 10.1. The van der Waals surface area contributed by atoms with Crippen molar-refractivity contribution in [3.8, 4) is 0 Å². The quantitative estimate of drug-likeness (QED) is 0.162. The van der Waals surface area contributed by atoms with Crippen LogP contribution in [0.25, 0.3) is 10.4 Å². The van der Waals surface area contributed by atoms with Gasteiger partial charge in [-0.15, -0.1) is 11.8 Å². The highest BCUT2D eigenvalue weighted by Gasteiger charge is 2.29. The second-order valence-electron chi connectivity index (χ2n) is 3.01. The van der Waals surface area contributed by atoms with Gasteiger partial charge in [-0.05, 0) is 11.8 Å². The van der Waals surface area contributed by atoms with Crippen molar-refractivity contribution in [2.24, 2.45) is 5.11 Å². The van der Waals surface area contributed by atoms with Crippen molar-refractivity contribution >= 4 is 23.4 Å². The highest BCUT2D eigenvalue weighted by molar-refractivity contribution is 7.98. The lowest BCUT2D eigenvalue weighted by molar-refractivity contribution is 0.0566. The van der Waals surface area contributed by atoms with Crippen LogP contribution in [-0.4, -0.2) is 18.2 Å². The molecule has 1 aromatic rings. The van der Waals surface area contributed by atoms with Gasteiger partial charge in [0.25, 0.3) is 0 Å². The summed E-state index contributed by atoms with van der Waals surface area (Å²) in [6.45, 7) is 0. The van der Waals surface area contributed by atoms with Crippen LogP contribution >= 0.6 is 11.8 Å². The maximum Gasteiger partial charge on any atom is 0.345 e. The molecule has 1 aromatic carbocycles. The Morgan fingerprint density at radius 3 is 2.21 bits per heavy atom. The van der Waals surface area contributed by atoms with Gasteiger partial charge in [0.2, 0.25) is 0 Å². The van der Waals surface area contributed by atoms with Crippen LogP contribution in [0.1, 0.15) is 10.4 Å². The fourth-order valence-corrected chi connectivity index (χ4v) is 1.34. The van der Waals surface area contributed by atoms with E-state index in [1.54, 1.807) is 0 Å². The monoisotopic (exact) mass is 295 g/mol. The molecule has 0 aliphatic rings. The third-order valence-electron chi connectivity index (χ3n) is 1.90. The number of halogens is 4. The normalized spacial score (nSPS) is 9.95. The molecule has 0 spiro atoms. The van der Waals surface area contributed by atoms with E-state index in [1.807, 2.05) is 4.91 Å². The van der Waals surface area contributed by atoms with Crippen molar-refractivity contribution in [2.75, 3.05) is 12.2 Å². The molecule has 5 nitrogen and oxygen atoms in total. The van der Waals surface area contributed by atoms with Crippen LogP contribution in [0, 0.1) is 23.3 Å². The average Bonchev–Trinajstić information content (AvgIpc) is 2.39. The van der Waals surface area contributed by atoms with Crippen molar-refractivity contribution < 1.29 is 27.1 Å². The number of carbonyl (C=O) groups is 1. The smallest absolute Gasteiger partial charge is 0.345 e. The first-order valence-corrected chi connectivity index (χ1v) is 5.92. The summed E-state index contributed by atoms with van der Waals surface area (Å²) in [6.07, 6.45) is 1.53. The van der Waals surface area contributed by atoms with Gasteiger partial charge in [0, 0.05) is 4.91 Å². The summed E-state index contributed by atoms with van der Waals surface area (Å²) in [6, 6.07) is 0. The molecule has 0 radical (unpaired) electrons. The van der Waals surface area contributed by atoms with Gasteiger partial charge in [0.05, 0.1) is 0 Å². The molecule has 0 amide bonds. The summed E-state index contributed by atoms with van der Waals surface area (Å²) in [4.78, 5) is 13.3. The third kappa shape index (κ3) is 2.91. The molecule has 1 rings (SSSR count). The van der Waals surface area contributed by atoms with Crippen LogP contribution in [-0.2, 0) is 4.74 Å². The minimum Gasteiger partial charge on any atom is -0.451 e. The van der Waals surface area contributed by atoms with E-state index >= 15 is 0 Å². The van der Waals surface area contributed by atoms with Crippen molar-refractivity contribution in [1.82, 2.24) is 0 Å². The second kappa shape index (κ2) is 6.30. The average molecular weight is 295 g/mol. The van der Waals surface area contributed by atoms with E-state index in [2.05, 4.69) is 9.85 Å². The Balaban J connectivity index is 3.43. The van der Waals surface area contributed by atoms with Crippen LogP contribution in [0.3, 0.4) is 0 Å². The number of hydrogen-bond acceptors (Lipinski definition) is 4. The van der Waals surface area contributed by atoms with E-state index in [0.29, 0.717) is 0 Å². The van der Waals surface area contributed by atoms with E-state index in [-0.39, 0.29) is 5.94 Å². The minimum absolute atomic E-state index is 0.251. The highest BCUT2D eigenvalue weighted by atomic mass is 32.2. The maximum absolute atomic E-state index is 13.4. The maximum atomic E-state index is 13.4. The summed E-state index contributed by atoms with van der Waals surface area (Å²) in [5, 5.41) is 2.48. The zero-order chi connectivity index (χ0) is 14.6. The SMILES string of the molecule is CSCOC(=O)c1c(F)c(F)c(N=[N+]=[N-])c(F)c1F. The van der Waals surface area contributed by atoms with Gasteiger partial charge in [-0.3, -0.25) is 0 Å². The molecule has 0 heterocycles. The van der Waals surface area contributed by atoms with Gasteiger partial charge in [-0.1, -0.05) is 5.11 Å². The van der Waals surface area contributed by atoms with E-state index in [9.17, 15) is 22.4 Å². The van der Waals surface area contributed by atoms with Gasteiger partial charge in [-0.2, -0.15) is 0 Å². The summed E-state index contributed by atoms with van der Waals surface area (Å²) >= 11 is 1.01. The molecule has 0 aliphatic carbocycles. The summed E-state index contributed by atoms with van der Waals surface area (Å²) in [5.41, 5.74) is 5.03. The number of thioether (sulfide) groups is 1. The van der Waals surface area contributed by atoms with Crippen LogP contribution in [0.5, 0.6) is 0 Å². The summed E-state index contributed by atoms with van der Waals surface area (Å²) < 4.78 is 57.8. The molecule has 102 valence electrons. The Kier molecular flexibility index (Phi) is 5.02. The lowest BCUT2D eigenvalue weighted by atomic mass is 10.1. The standard InChI is InChI=1S/C9H5F4N3O2S/c1-19-2-18-9(17)3-4(10)6(12)8(15-16-14)7(13)5(3)11/h2H2,1H3. The molecular formula is C9H5F4N3O2S. The van der Waals surface area contributed by atoms with Crippen molar-refractivity contribution in [1.29, 1.82) is 0 Å². The minimum atomic E-state index is -1.98. The van der Waals surface area contributed by atoms with Gasteiger partial charge < -0.3 is 4.74 Å². The lowest BCUT2D eigenvalue weighted by Crippen LogP contribution is -2.13. The first-order chi connectivity index (χ1) is 8.95. The predicted molar refractivity (Wildman–Crippen MR) is 58.9 cm³/mol. The number of esters is 1. The van der Waals surface area contributed by atoms with Gasteiger partial charge in [0.15, 0.2) is 23.3 Å². The van der Waals surface area contributed by atoms with E-state index < -0.39 is 40.5 Å². The van der Waals surface area contributed by atoms with Crippen LogP contribution in [0.2, 0.25) is 0 Å². The van der Waals surface area contributed by atoms with E-state index in [4.69, 9.17) is 5.53 Å². The van der Waals surface area contributed by atoms with Crippen molar-refractivity contribution in [2.45, 2.75) is 0 Å². The highest BCUT2D eigenvalue weighted by Crippen LogP contribution is 2.30. The molecule has 0 saturated heterocycles. The lowest BCUT2D eigenvalue weighted by Gasteiger charge is -2.08. The number of benzene rings is 1. The topological polar surface area (TPSA) is 75.1 Å².